The van der Waals surface area contributed by atoms with Gasteiger partial charge in [-0.15, -0.1) is 0 Å². The molecule has 0 radical (unpaired) electrons. The average Bonchev–Trinajstić information content (AvgIpc) is 3.27. The van der Waals surface area contributed by atoms with E-state index in [9.17, 15) is 10.1 Å². The van der Waals surface area contributed by atoms with Crippen LogP contribution >= 0.6 is 23.2 Å². The lowest BCUT2D eigenvalue weighted by molar-refractivity contribution is -0.114. The zero-order valence-corrected chi connectivity index (χ0v) is 20.1. The van der Waals surface area contributed by atoms with Crippen LogP contribution in [0.3, 0.4) is 0 Å². The van der Waals surface area contributed by atoms with E-state index < -0.39 is 0 Å². The molecule has 0 spiro atoms. The summed E-state index contributed by atoms with van der Waals surface area (Å²) in [6, 6.07) is 20.3. The highest BCUT2D eigenvalue weighted by Gasteiger charge is 2.26. The van der Waals surface area contributed by atoms with Gasteiger partial charge in [-0.3, -0.25) is 4.79 Å². The van der Waals surface area contributed by atoms with Crippen molar-refractivity contribution in [3.8, 4) is 17.6 Å². The van der Waals surface area contributed by atoms with Crippen LogP contribution in [0.15, 0.2) is 66.2 Å². The van der Waals surface area contributed by atoms with E-state index >= 15 is 0 Å². The summed E-state index contributed by atoms with van der Waals surface area (Å²) in [6.07, 6.45) is 2.34. The van der Waals surface area contributed by atoms with Gasteiger partial charge in [-0.1, -0.05) is 53.5 Å². The lowest BCUT2D eigenvalue weighted by Gasteiger charge is -2.17. The van der Waals surface area contributed by atoms with Gasteiger partial charge in [-0.05, 0) is 60.9 Å². The van der Waals surface area contributed by atoms with Crippen LogP contribution in [0.2, 0.25) is 10.0 Å². The molecular formula is C27H22Cl2N2O3. The Morgan fingerprint density at radius 1 is 1.06 bits per heavy atom. The molecule has 0 saturated heterocycles. The number of ether oxygens (including phenoxy) is 2. The number of halogens is 2. The minimum atomic E-state index is -0.320. The van der Waals surface area contributed by atoms with Crippen LogP contribution in [0.4, 0.5) is 5.69 Å². The first kappa shape index (κ1) is 23.7. The van der Waals surface area contributed by atoms with Gasteiger partial charge in [0.1, 0.15) is 18.2 Å². The molecule has 1 aliphatic heterocycles. The van der Waals surface area contributed by atoms with Crippen molar-refractivity contribution in [2.75, 3.05) is 18.1 Å². The van der Waals surface area contributed by atoms with Gasteiger partial charge < -0.3 is 14.4 Å². The second-order valence-electron chi connectivity index (χ2n) is 7.63. The first-order chi connectivity index (χ1) is 16.5. The molecule has 34 heavy (non-hydrogen) atoms. The van der Waals surface area contributed by atoms with Crippen molar-refractivity contribution in [3.05, 3.63) is 93.0 Å². The molecular weight excluding hydrogens is 471 g/mol. The quantitative estimate of drug-likeness (QED) is 0.280. The lowest BCUT2D eigenvalue weighted by Crippen LogP contribution is -2.29. The maximum absolute atomic E-state index is 13.1. The molecule has 1 heterocycles. The fourth-order valence-corrected chi connectivity index (χ4v) is 4.33. The van der Waals surface area contributed by atoms with Crippen LogP contribution in [0.25, 0.3) is 6.08 Å². The summed E-state index contributed by atoms with van der Waals surface area (Å²) >= 11 is 12.5. The molecule has 3 aromatic carbocycles. The molecule has 1 amide bonds. The molecule has 172 valence electrons. The second kappa shape index (κ2) is 10.6. The van der Waals surface area contributed by atoms with E-state index in [0.29, 0.717) is 45.8 Å². The maximum Gasteiger partial charge on any atom is 0.268 e. The number of nitrogens with zero attached hydrogens (tertiary/aromatic N) is 2. The number of hydrogen-bond acceptors (Lipinski definition) is 4. The minimum absolute atomic E-state index is 0.0515. The normalized spacial score (nSPS) is 12.8. The smallest absolute Gasteiger partial charge is 0.268 e. The molecule has 0 atom stereocenters. The van der Waals surface area contributed by atoms with E-state index in [-0.39, 0.29) is 18.1 Å². The van der Waals surface area contributed by atoms with Crippen LogP contribution < -0.4 is 14.4 Å². The zero-order chi connectivity index (χ0) is 24.1. The molecule has 7 heteroatoms. The molecule has 0 aromatic heterocycles. The summed E-state index contributed by atoms with van der Waals surface area (Å²) in [4.78, 5) is 14.8. The van der Waals surface area contributed by atoms with Gasteiger partial charge in [0.25, 0.3) is 5.91 Å². The molecule has 0 saturated carbocycles. The summed E-state index contributed by atoms with van der Waals surface area (Å²) in [5, 5.41) is 10.7. The number of rotatable bonds is 7. The molecule has 0 N–H and O–H groups in total. The highest BCUT2D eigenvalue weighted by Crippen LogP contribution is 2.33. The van der Waals surface area contributed by atoms with Crippen molar-refractivity contribution in [2.24, 2.45) is 0 Å². The van der Waals surface area contributed by atoms with Crippen molar-refractivity contribution < 1.29 is 14.3 Å². The van der Waals surface area contributed by atoms with Crippen LogP contribution in [0.5, 0.6) is 11.5 Å². The molecule has 3 aromatic rings. The fraction of sp³-hybridized carbons (Fsp3) is 0.185. The summed E-state index contributed by atoms with van der Waals surface area (Å²) in [5.74, 6) is 0.683. The predicted molar refractivity (Wildman–Crippen MR) is 134 cm³/mol. The monoisotopic (exact) mass is 492 g/mol. The Bertz CT molecular complexity index is 1280. The number of benzene rings is 3. The first-order valence-corrected chi connectivity index (χ1v) is 11.6. The third-order valence-electron chi connectivity index (χ3n) is 5.50. The van der Waals surface area contributed by atoms with E-state index in [1.165, 1.54) is 0 Å². The second-order valence-corrected chi connectivity index (χ2v) is 8.45. The van der Waals surface area contributed by atoms with E-state index in [1.54, 1.807) is 47.4 Å². The topological polar surface area (TPSA) is 62.6 Å². The Kier molecular flexibility index (Phi) is 7.42. The largest absolute Gasteiger partial charge is 0.490 e. The van der Waals surface area contributed by atoms with Gasteiger partial charge in [-0.2, -0.15) is 5.26 Å². The number of fused-ring (bicyclic) bond motifs is 1. The number of para-hydroxylation sites is 1. The van der Waals surface area contributed by atoms with Crippen LogP contribution in [-0.2, 0) is 17.8 Å². The Labute approximate surface area is 208 Å². The van der Waals surface area contributed by atoms with Crippen molar-refractivity contribution in [3.63, 3.8) is 0 Å². The third kappa shape index (κ3) is 5.04. The van der Waals surface area contributed by atoms with E-state index in [1.807, 2.05) is 31.2 Å². The summed E-state index contributed by atoms with van der Waals surface area (Å²) < 4.78 is 11.7. The van der Waals surface area contributed by atoms with Crippen molar-refractivity contribution in [1.82, 2.24) is 0 Å². The number of hydrogen-bond donors (Lipinski definition) is 0. The molecule has 5 nitrogen and oxygen atoms in total. The van der Waals surface area contributed by atoms with Crippen LogP contribution in [0.1, 0.15) is 23.6 Å². The Morgan fingerprint density at radius 3 is 2.56 bits per heavy atom. The zero-order valence-electron chi connectivity index (χ0n) is 18.6. The van der Waals surface area contributed by atoms with Crippen LogP contribution in [0, 0.1) is 11.3 Å². The molecule has 0 bridgehead atoms. The summed E-state index contributed by atoms with van der Waals surface area (Å²) in [6.45, 7) is 3.01. The number of amides is 1. The van der Waals surface area contributed by atoms with E-state index in [2.05, 4.69) is 6.07 Å². The van der Waals surface area contributed by atoms with Gasteiger partial charge in [-0.25, -0.2) is 0 Å². The van der Waals surface area contributed by atoms with Crippen molar-refractivity contribution >= 4 is 40.9 Å². The van der Waals surface area contributed by atoms with Crippen molar-refractivity contribution in [2.45, 2.75) is 20.0 Å². The van der Waals surface area contributed by atoms with Gasteiger partial charge in [0, 0.05) is 27.8 Å². The van der Waals surface area contributed by atoms with Crippen molar-refractivity contribution in [1.29, 1.82) is 5.26 Å². The van der Waals surface area contributed by atoms with Gasteiger partial charge in [0.05, 0.1) is 6.61 Å². The Balaban J connectivity index is 1.57. The number of nitriles is 1. The number of carbonyl (C=O) groups excluding carboxylic acids is 1. The minimum Gasteiger partial charge on any atom is -0.490 e. The molecule has 1 aliphatic rings. The predicted octanol–water partition coefficient (Wildman–Crippen LogP) is 6.47. The molecule has 0 aliphatic carbocycles. The third-order valence-corrected chi connectivity index (χ3v) is 6.20. The van der Waals surface area contributed by atoms with Gasteiger partial charge >= 0.3 is 0 Å². The maximum atomic E-state index is 13.1. The Morgan fingerprint density at radius 2 is 1.82 bits per heavy atom. The highest BCUT2D eigenvalue weighted by molar-refractivity contribution is 6.35. The number of anilines is 1. The molecule has 0 fully saturated rings. The van der Waals surface area contributed by atoms with Gasteiger partial charge in [0.15, 0.2) is 11.5 Å². The first-order valence-electron chi connectivity index (χ1n) is 10.9. The SMILES string of the molecule is CCOc1cc(/C=C(\C#N)C(=O)N2CCc3ccccc32)ccc1OCc1c(Cl)cccc1Cl. The Hall–Kier alpha value is -3.46. The summed E-state index contributed by atoms with van der Waals surface area (Å²) in [7, 11) is 0. The van der Waals surface area contributed by atoms with Gasteiger partial charge in [0.2, 0.25) is 0 Å². The standard InChI is InChI=1S/C27H22Cl2N2O3/c1-2-33-26-15-18(10-11-25(26)34-17-21-22(28)7-5-8-23(21)29)14-20(16-30)27(32)31-13-12-19-6-3-4-9-24(19)31/h3-11,14-15H,2,12-13,17H2,1H3/b20-14+. The fourth-order valence-electron chi connectivity index (χ4n) is 3.83. The lowest BCUT2D eigenvalue weighted by atomic mass is 10.1. The molecule has 4 rings (SSSR count). The van der Waals surface area contributed by atoms with Crippen LogP contribution in [-0.4, -0.2) is 19.1 Å². The number of carbonyl (C=O) groups is 1. The van der Waals surface area contributed by atoms with E-state index in [4.69, 9.17) is 32.7 Å². The summed E-state index contributed by atoms with van der Waals surface area (Å²) in [5.41, 5.74) is 3.35. The highest BCUT2D eigenvalue weighted by atomic mass is 35.5. The molecule has 0 unspecified atom stereocenters. The average molecular weight is 493 g/mol. The van der Waals surface area contributed by atoms with E-state index in [0.717, 1.165) is 17.7 Å².